The first-order chi connectivity index (χ1) is 8.63. The molecule has 2 rings (SSSR count). The topological polar surface area (TPSA) is 75.4 Å². The van der Waals surface area contributed by atoms with Crippen molar-refractivity contribution >= 4 is 23.2 Å². The van der Waals surface area contributed by atoms with Gasteiger partial charge >= 0.3 is 0 Å². The minimum absolute atomic E-state index is 0.0530. The molecule has 0 saturated carbocycles. The molecule has 0 aromatic heterocycles. The van der Waals surface area contributed by atoms with E-state index in [1.165, 1.54) is 4.90 Å². The van der Waals surface area contributed by atoms with Gasteiger partial charge in [0.25, 0.3) is 0 Å². The van der Waals surface area contributed by atoms with E-state index in [4.69, 9.17) is 5.73 Å². The fourth-order valence-corrected chi connectivity index (χ4v) is 2.07. The van der Waals surface area contributed by atoms with Gasteiger partial charge in [-0.15, -0.1) is 0 Å². The summed E-state index contributed by atoms with van der Waals surface area (Å²) in [6, 6.07) is 7.31. The van der Waals surface area contributed by atoms with Crippen molar-refractivity contribution in [3.63, 3.8) is 0 Å². The van der Waals surface area contributed by atoms with Gasteiger partial charge in [0, 0.05) is 5.92 Å². The van der Waals surface area contributed by atoms with Crippen molar-refractivity contribution in [2.75, 3.05) is 23.3 Å². The molecule has 1 aliphatic heterocycles. The van der Waals surface area contributed by atoms with E-state index in [0.29, 0.717) is 18.7 Å². The number of nitrogens with one attached hydrogen (secondary N) is 1. The van der Waals surface area contributed by atoms with Crippen molar-refractivity contribution in [1.82, 2.24) is 0 Å². The molecule has 1 heterocycles. The van der Waals surface area contributed by atoms with Gasteiger partial charge < -0.3 is 16.0 Å². The number of anilines is 2. The summed E-state index contributed by atoms with van der Waals surface area (Å²) in [5.41, 5.74) is 6.91. The molecule has 0 radical (unpaired) electrons. The van der Waals surface area contributed by atoms with Crippen LogP contribution in [0.1, 0.15) is 13.3 Å². The molecule has 18 heavy (non-hydrogen) atoms. The van der Waals surface area contributed by atoms with Crippen LogP contribution < -0.4 is 16.0 Å². The number of hydrogen-bond acceptors (Lipinski definition) is 3. The van der Waals surface area contributed by atoms with Gasteiger partial charge in [-0.05, 0) is 25.1 Å². The Morgan fingerprint density at radius 3 is 2.94 bits per heavy atom. The molecular formula is C13H17N3O2. The SMILES string of the molecule is CC(CCN)C(=O)N1CC(=O)Nc2ccccc21. The second-order valence-electron chi connectivity index (χ2n) is 4.47. The number of carbonyl (C=O) groups excluding carboxylic acids is 2. The monoisotopic (exact) mass is 247 g/mol. The summed E-state index contributed by atoms with van der Waals surface area (Å²) < 4.78 is 0. The van der Waals surface area contributed by atoms with E-state index in [1.807, 2.05) is 25.1 Å². The number of para-hydroxylation sites is 2. The fourth-order valence-electron chi connectivity index (χ4n) is 2.07. The Bertz CT molecular complexity index is 473. The Morgan fingerprint density at radius 2 is 2.22 bits per heavy atom. The average molecular weight is 247 g/mol. The van der Waals surface area contributed by atoms with E-state index in [-0.39, 0.29) is 24.3 Å². The molecule has 2 amide bonds. The van der Waals surface area contributed by atoms with Gasteiger partial charge in [-0.2, -0.15) is 0 Å². The summed E-state index contributed by atoms with van der Waals surface area (Å²) >= 11 is 0. The lowest BCUT2D eigenvalue weighted by atomic mass is 10.0. The van der Waals surface area contributed by atoms with Crippen LogP contribution in [0.25, 0.3) is 0 Å². The maximum atomic E-state index is 12.3. The molecule has 1 atom stereocenters. The number of nitrogens with two attached hydrogens (primary N) is 1. The maximum absolute atomic E-state index is 12.3. The molecule has 1 aromatic rings. The zero-order valence-electron chi connectivity index (χ0n) is 10.3. The Hall–Kier alpha value is -1.88. The molecular weight excluding hydrogens is 230 g/mol. The van der Waals surface area contributed by atoms with E-state index in [1.54, 1.807) is 6.07 Å². The second kappa shape index (κ2) is 5.18. The lowest BCUT2D eigenvalue weighted by Gasteiger charge is -2.31. The third kappa shape index (κ3) is 2.36. The Morgan fingerprint density at radius 1 is 1.50 bits per heavy atom. The summed E-state index contributed by atoms with van der Waals surface area (Å²) in [4.78, 5) is 25.4. The van der Waals surface area contributed by atoms with Gasteiger partial charge in [0.1, 0.15) is 6.54 Å². The molecule has 5 nitrogen and oxygen atoms in total. The maximum Gasteiger partial charge on any atom is 0.244 e. The van der Waals surface area contributed by atoms with Crippen molar-refractivity contribution in [3.8, 4) is 0 Å². The Balaban J connectivity index is 2.28. The van der Waals surface area contributed by atoms with Crippen LogP contribution in [-0.2, 0) is 9.59 Å². The highest BCUT2D eigenvalue weighted by Crippen LogP contribution is 2.30. The highest BCUT2D eigenvalue weighted by molar-refractivity contribution is 6.10. The van der Waals surface area contributed by atoms with Gasteiger partial charge in [0.2, 0.25) is 11.8 Å². The molecule has 3 N–H and O–H groups in total. The molecule has 0 aliphatic carbocycles. The van der Waals surface area contributed by atoms with E-state index in [9.17, 15) is 9.59 Å². The van der Waals surface area contributed by atoms with E-state index in [2.05, 4.69) is 5.32 Å². The highest BCUT2D eigenvalue weighted by Gasteiger charge is 2.28. The van der Waals surface area contributed by atoms with E-state index < -0.39 is 0 Å². The number of carbonyl (C=O) groups is 2. The van der Waals surface area contributed by atoms with Crippen molar-refractivity contribution in [1.29, 1.82) is 0 Å². The molecule has 0 fully saturated rings. The molecule has 1 unspecified atom stereocenters. The molecule has 1 aliphatic rings. The van der Waals surface area contributed by atoms with Crippen LogP contribution in [0.5, 0.6) is 0 Å². The average Bonchev–Trinajstić information content (AvgIpc) is 2.37. The molecule has 96 valence electrons. The van der Waals surface area contributed by atoms with E-state index >= 15 is 0 Å². The second-order valence-corrected chi connectivity index (χ2v) is 4.47. The van der Waals surface area contributed by atoms with Crippen LogP contribution in [-0.4, -0.2) is 24.9 Å². The summed E-state index contributed by atoms with van der Waals surface area (Å²) in [5, 5.41) is 2.76. The molecule has 0 bridgehead atoms. The van der Waals surface area contributed by atoms with Crippen LogP contribution in [0.15, 0.2) is 24.3 Å². The summed E-state index contributed by atoms with van der Waals surface area (Å²) in [5.74, 6) is -0.390. The van der Waals surface area contributed by atoms with Crippen molar-refractivity contribution < 1.29 is 9.59 Å². The first-order valence-corrected chi connectivity index (χ1v) is 6.04. The Labute approximate surface area is 106 Å². The predicted octanol–water partition coefficient (Wildman–Crippen LogP) is 0.957. The van der Waals surface area contributed by atoms with Gasteiger partial charge in [0.15, 0.2) is 0 Å². The lowest BCUT2D eigenvalue weighted by molar-refractivity contribution is -0.124. The number of hydrogen-bond donors (Lipinski definition) is 2. The number of rotatable bonds is 3. The number of nitrogens with zero attached hydrogens (tertiary/aromatic N) is 1. The van der Waals surface area contributed by atoms with Gasteiger partial charge in [-0.1, -0.05) is 19.1 Å². The van der Waals surface area contributed by atoms with Crippen LogP contribution >= 0.6 is 0 Å². The first kappa shape index (κ1) is 12.6. The van der Waals surface area contributed by atoms with Crippen LogP contribution in [0.2, 0.25) is 0 Å². The third-order valence-corrected chi connectivity index (χ3v) is 3.06. The third-order valence-electron chi connectivity index (χ3n) is 3.06. The van der Waals surface area contributed by atoms with Crippen molar-refractivity contribution in [2.45, 2.75) is 13.3 Å². The zero-order valence-corrected chi connectivity index (χ0v) is 10.3. The van der Waals surface area contributed by atoms with E-state index in [0.717, 1.165) is 5.69 Å². The van der Waals surface area contributed by atoms with Crippen LogP contribution in [0.4, 0.5) is 11.4 Å². The summed E-state index contributed by atoms with van der Waals surface area (Å²) in [6.07, 6.45) is 0.624. The molecule has 0 spiro atoms. The fraction of sp³-hybridized carbons (Fsp3) is 0.385. The molecule has 5 heteroatoms. The standard InChI is InChI=1S/C13H17N3O2/c1-9(6-7-14)13(18)16-8-12(17)15-10-4-2-3-5-11(10)16/h2-5,9H,6-8,14H2,1H3,(H,15,17). The van der Waals surface area contributed by atoms with Crippen LogP contribution in [0.3, 0.4) is 0 Å². The normalized spacial score (nSPS) is 15.9. The summed E-state index contributed by atoms with van der Waals surface area (Å²) in [6.45, 7) is 2.38. The predicted molar refractivity (Wildman–Crippen MR) is 70.3 cm³/mol. The van der Waals surface area contributed by atoms with Gasteiger partial charge in [-0.25, -0.2) is 0 Å². The zero-order chi connectivity index (χ0) is 13.1. The minimum Gasteiger partial charge on any atom is -0.330 e. The summed E-state index contributed by atoms with van der Waals surface area (Å²) in [7, 11) is 0. The lowest BCUT2D eigenvalue weighted by Crippen LogP contribution is -2.44. The number of fused-ring (bicyclic) bond motifs is 1. The van der Waals surface area contributed by atoms with Gasteiger partial charge in [-0.3, -0.25) is 9.59 Å². The quantitative estimate of drug-likeness (QED) is 0.835. The first-order valence-electron chi connectivity index (χ1n) is 6.04. The Kier molecular flexibility index (Phi) is 3.62. The number of benzene rings is 1. The van der Waals surface area contributed by atoms with Crippen molar-refractivity contribution in [2.24, 2.45) is 11.7 Å². The smallest absolute Gasteiger partial charge is 0.244 e. The van der Waals surface area contributed by atoms with Crippen LogP contribution in [0, 0.1) is 5.92 Å². The number of amides is 2. The molecule has 0 saturated heterocycles. The van der Waals surface area contributed by atoms with Crippen molar-refractivity contribution in [3.05, 3.63) is 24.3 Å². The molecule has 1 aromatic carbocycles. The minimum atomic E-state index is -0.172. The highest BCUT2D eigenvalue weighted by atomic mass is 16.2. The largest absolute Gasteiger partial charge is 0.330 e. The van der Waals surface area contributed by atoms with Gasteiger partial charge in [0.05, 0.1) is 11.4 Å².